The molecule has 0 atom stereocenters. The van der Waals surface area contributed by atoms with Crippen LogP contribution in [-0.4, -0.2) is 24.5 Å². The molecule has 0 spiro atoms. The summed E-state index contributed by atoms with van der Waals surface area (Å²) in [6, 6.07) is 3.00. The Balaban J connectivity index is 3.31. The van der Waals surface area contributed by atoms with E-state index in [-0.39, 0.29) is 11.3 Å². The average Bonchev–Trinajstić information content (AvgIpc) is 2.39. The largest absolute Gasteiger partial charge is 0.465 e. The maximum absolute atomic E-state index is 11.6. The smallest absolute Gasteiger partial charge is 0.338 e. The number of nitrogens with two attached hydrogens (primary N) is 1. The van der Waals surface area contributed by atoms with Gasteiger partial charge >= 0.3 is 5.97 Å². The van der Waals surface area contributed by atoms with Crippen molar-refractivity contribution >= 4 is 17.7 Å². The Morgan fingerprint density at radius 2 is 2.21 bits per heavy atom. The Bertz CT molecular complexity index is 524. The average molecular weight is 264 g/mol. The zero-order valence-electron chi connectivity index (χ0n) is 10.9. The van der Waals surface area contributed by atoms with Crippen LogP contribution in [0.4, 0.5) is 5.69 Å². The summed E-state index contributed by atoms with van der Waals surface area (Å²) in [4.78, 5) is 22.1. The van der Waals surface area contributed by atoms with E-state index in [9.17, 15) is 14.9 Å². The van der Waals surface area contributed by atoms with Gasteiger partial charge < -0.3 is 10.5 Å². The first-order valence-electron chi connectivity index (χ1n) is 5.75. The van der Waals surface area contributed by atoms with Gasteiger partial charge in [-0.2, -0.15) is 0 Å². The molecule has 1 aromatic carbocycles. The molecule has 2 N–H and O–H groups in total. The van der Waals surface area contributed by atoms with Crippen molar-refractivity contribution in [3.8, 4) is 0 Å². The first-order valence-corrected chi connectivity index (χ1v) is 5.75. The number of nitro benzene ring substituents is 1. The van der Waals surface area contributed by atoms with Crippen molar-refractivity contribution in [1.29, 1.82) is 0 Å². The van der Waals surface area contributed by atoms with Crippen molar-refractivity contribution in [2.45, 2.75) is 13.3 Å². The molecule has 0 aliphatic rings. The Morgan fingerprint density at radius 3 is 2.74 bits per heavy atom. The fourth-order valence-electron chi connectivity index (χ4n) is 1.64. The third-order valence-corrected chi connectivity index (χ3v) is 2.65. The van der Waals surface area contributed by atoms with Gasteiger partial charge in [-0.3, -0.25) is 10.1 Å². The molecule has 1 rings (SSSR count). The third-order valence-electron chi connectivity index (χ3n) is 2.65. The van der Waals surface area contributed by atoms with Gasteiger partial charge in [-0.25, -0.2) is 4.79 Å². The van der Waals surface area contributed by atoms with Crippen LogP contribution >= 0.6 is 0 Å². The fourth-order valence-corrected chi connectivity index (χ4v) is 1.64. The molecule has 19 heavy (non-hydrogen) atoms. The zero-order valence-corrected chi connectivity index (χ0v) is 10.9. The molecule has 0 radical (unpaired) electrons. The van der Waals surface area contributed by atoms with Crippen molar-refractivity contribution in [2.24, 2.45) is 5.73 Å². The SMILES string of the molecule is COC(=O)c1cc(C=CCCN)cc([N+](=O)[O-])c1C. The first kappa shape index (κ1) is 14.8. The van der Waals surface area contributed by atoms with E-state index in [0.29, 0.717) is 24.1 Å². The number of nitro groups is 1. The number of esters is 1. The van der Waals surface area contributed by atoms with Crippen molar-refractivity contribution in [1.82, 2.24) is 0 Å². The molecular weight excluding hydrogens is 248 g/mol. The Kier molecular flexibility index (Phi) is 5.20. The Hall–Kier alpha value is -2.21. The quantitative estimate of drug-likeness (QED) is 0.499. The predicted octanol–water partition coefficient (Wildman–Crippen LogP) is 2.05. The number of hydrogen-bond acceptors (Lipinski definition) is 5. The fraction of sp³-hybridized carbons (Fsp3) is 0.308. The second-order valence-corrected chi connectivity index (χ2v) is 3.94. The molecule has 0 aromatic heterocycles. The van der Waals surface area contributed by atoms with E-state index in [1.54, 1.807) is 18.2 Å². The first-order chi connectivity index (χ1) is 9.01. The van der Waals surface area contributed by atoms with Gasteiger partial charge in [0.15, 0.2) is 0 Å². The van der Waals surface area contributed by atoms with Crippen LogP contribution in [0.1, 0.15) is 27.9 Å². The molecule has 102 valence electrons. The minimum atomic E-state index is -0.588. The number of carbonyl (C=O) groups excluding carboxylic acids is 1. The summed E-state index contributed by atoms with van der Waals surface area (Å²) in [6.45, 7) is 2.02. The second-order valence-electron chi connectivity index (χ2n) is 3.94. The van der Waals surface area contributed by atoms with Gasteiger partial charge in [0.25, 0.3) is 5.69 Å². The van der Waals surface area contributed by atoms with Crippen LogP contribution in [0, 0.1) is 17.0 Å². The zero-order chi connectivity index (χ0) is 14.4. The molecule has 0 fully saturated rings. The van der Waals surface area contributed by atoms with Crippen LogP contribution in [0.5, 0.6) is 0 Å². The molecule has 0 unspecified atom stereocenters. The summed E-state index contributed by atoms with van der Waals surface area (Å²) in [7, 11) is 1.24. The van der Waals surface area contributed by atoms with Crippen LogP contribution in [0.25, 0.3) is 6.08 Å². The molecule has 0 aliphatic carbocycles. The number of ether oxygens (including phenoxy) is 1. The van der Waals surface area contributed by atoms with Gasteiger partial charge in [0.05, 0.1) is 17.6 Å². The number of nitrogens with zero attached hydrogens (tertiary/aromatic N) is 1. The van der Waals surface area contributed by atoms with Gasteiger partial charge in [-0.1, -0.05) is 12.2 Å². The summed E-state index contributed by atoms with van der Waals surface area (Å²) in [6.07, 6.45) is 4.16. The predicted molar refractivity (Wildman–Crippen MR) is 71.9 cm³/mol. The Labute approximate surface area is 111 Å². The highest BCUT2D eigenvalue weighted by Gasteiger charge is 2.20. The standard InChI is InChI=1S/C13H16N2O4/c1-9-11(13(16)19-2)7-10(5-3-4-6-14)8-12(9)15(17)18/h3,5,7-8H,4,6,14H2,1-2H3. The highest BCUT2D eigenvalue weighted by atomic mass is 16.6. The van der Waals surface area contributed by atoms with Gasteiger partial charge in [-0.15, -0.1) is 0 Å². The number of hydrogen-bond donors (Lipinski definition) is 1. The maximum Gasteiger partial charge on any atom is 0.338 e. The molecule has 6 nitrogen and oxygen atoms in total. The normalized spacial score (nSPS) is 10.7. The van der Waals surface area contributed by atoms with Gasteiger partial charge in [0.2, 0.25) is 0 Å². The highest BCUT2D eigenvalue weighted by molar-refractivity contribution is 5.93. The van der Waals surface area contributed by atoms with Crippen LogP contribution in [-0.2, 0) is 4.74 Å². The van der Waals surface area contributed by atoms with E-state index in [1.165, 1.54) is 20.1 Å². The molecule has 6 heteroatoms. The van der Waals surface area contributed by atoms with Crippen molar-refractivity contribution in [3.05, 3.63) is 45.0 Å². The van der Waals surface area contributed by atoms with Crippen LogP contribution in [0.15, 0.2) is 18.2 Å². The van der Waals surface area contributed by atoms with E-state index in [0.717, 1.165) is 0 Å². The van der Waals surface area contributed by atoms with Crippen molar-refractivity contribution < 1.29 is 14.5 Å². The Morgan fingerprint density at radius 1 is 1.53 bits per heavy atom. The van der Waals surface area contributed by atoms with Crippen molar-refractivity contribution in [2.75, 3.05) is 13.7 Å². The lowest BCUT2D eigenvalue weighted by molar-refractivity contribution is -0.385. The number of carbonyl (C=O) groups is 1. The van der Waals surface area contributed by atoms with Crippen LogP contribution in [0.3, 0.4) is 0 Å². The van der Waals surface area contributed by atoms with Crippen molar-refractivity contribution in [3.63, 3.8) is 0 Å². The molecule has 0 bridgehead atoms. The van der Waals surface area contributed by atoms with Gasteiger partial charge in [0.1, 0.15) is 0 Å². The number of rotatable bonds is 5. The highest BCUT2D eigenvalue weighted by Crippen LogP contribution is 2.25. The lowest BCUT2D eigenvalue weighted by atomic mass is 10.0. The number of benzene rings is 1. The van der Waals surface area contributed by atoms with E-state index in [1.807, 2.05) is 0 Å². The minimum absolute atomic E-state index is 0.102. The topological polar surface area (TPSA) is 95.5 Å². The molecule has 0 saturated carbocycles. The summed E-state index contributed by atoms with van der Waals surface area (Å²) < 4.78 is 4.63. The van der Waals surface area contributed by atoms with E-state index >= 15 is 0 Å². The summed E-state index contributed by atoms with van der Waals surface area (Å²) >= 11 is 0. The maximum atomic E-state index is 11.6. The van der Waals surface area contributed by atoms with Gasteiger partial charge in [-0.05, 0) is 31.5 Å². The molecule has 1 aromatic rings. The number of methoxy groups -OCH3 is 1. The summed E-state index contributed by atoms with van der Waals surface area (Å²) in [5.74, 6) is -0.588. The third kappa shape index (κ3) is 3.62. The van der Waals surface area contributed by atoms with E-state index < -0.39 is 10.9 Å². The molecular formula is C13H16N2O4. The van der Waals surface area contributed by atoms with E-state index in [4.69, 9.17) is 5.73 Å². The monoisotopic (exact) mass is 264 g/mol. The summed E-state index contributed by atoms with van der Waals surface area (Å²) in [5.41, 5.74) is 6.33. The van der Waals surface area contributed by atoms with Crippen LogP contribution in [0.2, 0.25) is 0 Å². The minimum Gasteiger partial charge on any atom is -0.465 e. The molecule has 0 aliphatic heterocycles. The van der Waals surface area contributed by atoms with Crippen LogP contribution < -0.4 is 5.73 Å². The van der Waals surface area contributed by atoms with E-state index in [2.05, 4.69) is 4.74 Å². The molecule has 0 heterocycles. The lowest BCUT2D eigenvalue weighted by Crippen LogP contribution is -2.06. The summed E-state index contributed by atoms with van der Waals surface area (Å²) in [5, 5.41) is 11.0. The molecule has 0 amide bonds. The second kappa shape index (κ2) is 6.65. The molecule has 0 saturated heterocycles. The lowest BCUT2D eigenvalue weighted by Gasteiger charge is -2.06. The van der Waals surface area contributed by atoms with Gasteiger partial charge in [0, 0.05) is 11.6 Å².